The molecule has 118 valence electrons. The summed E-state index contributed by atoms with van der Waals surface area (Å²) in [7, 11) is 0. The summed E-state index contributed by atoms with van der Waals surface area (Å²) in [4.78, 5) is 24.7. The monoisotopic (exact) mass is 296 g/mol. The number of carbonyl (C=O) groups excluding carboxylic acids is 1. The Morgan fingerprint density at radius 2 is 1.86 bits per heavy atom. The third-order valence-corrected chi connectivity index (χ3v) is 3.28. The van der Waals surface area contributed by atoms with Gasteiger partial charge in [0.15, 0.2) is 0 Å². The van der Waals surface area contributed by atoms with Crippen molar-refractivity contribution in [3.05, 3.63) is 11.4 Å². The van der Waals surface area contributed by atoms with E-state index < -0.39 is 5.97 Å². The van der Waals surface area contributed by atoms with E-state index in [-0.39, 0.29) is 18.9 Å². The van der Waals surface area contributed by atoms with E-state index in [2.05, 4.69) is 10.3 Å². The van der Waals surface area contributed by atoms with Crippen molar-refractivity contribution in [3.8, 4) is 0 Å². The summed E-state index contributed by atoms with van der Waals surface area (Å²) in [6.45, 7) is 7.54. The fraction of sp³-hybridized carbons (Fsp3) is 0.714. The van der Waals surface area contributed by atoms with Gasteiger partial charge in [-0.1, -0.05) is 19.1 Å². The molecule has 1 amide bonds. The van der Waals surface area contributed by atoms with Crippen LogP contribution in [0.25, 0.3) is 0 Å². The number of carboxylic acid groups (broad SMARTS) is 1. The van der Waals surface area contributed by atoms with Gasteiger partial charge in [-0.25, -0.2) is 4.68 Å². The van der Waals surface area contributed by atoms with Gasteiger partial charge in [0, 0.05) is 19.5 Å². The highest BCUT2D eigenvalue weighted by atomic mass is 16.4. The molecule has 0 radical (unpaired) electrons. The Bertz CT molecular complexity index is 479. The van der Waals surface area contributed by atoms with Crippen LogP contribution < -0.4 is 0 Å². The highest BCUT2D eigenvalue weighted by Gasteiger charge is 2.16. The van der Waals surface area contributed by atoms with Gasteiger partial charge < -0.3 is 10.0 Å². The number of aryl methyl sites for hydroxylation is 1. The van der Waals surface area contributed by atoms with Crippen LogP contribution in [-0.2, 0) is 22.6 Å². The first-order valence-electron chi connectivity index (χ1n) is 7.38. The van der Waals surface area contributed by atoms with Crippen LogP contribution in [0.1, 0.15) is 44.5 Å². The van der Waals surface area contributed by atoms with Crippen molar-refractivity contribution in [2.45, 2.75) is 53.0 Å². The van der Waals surface area contributed by atoms with Crippen molar-refractivity contribution >= 4 is 11.9 Å². The molecule has 1 N–H and O–H groups in total. The van der Waals surface area contributed by atoms with Gasteiger partial charge in [0.1, 0.15) is 6.54 Å². The zero-order valence-electron chi connectivity index (χ0n) is 13.0. The summed E-state index contributed by atoms with van der Waals surface area (Å²) >= 11 is 0. The van der Waals surface area contributed by atoms with Gasteiger partial charge in [-0.15, -0.1) is 5.10 Å². The molecule has 0 fully saturated rings. The largest absolute Gasteiger partial charge is 0.481 e. The molecule has 1 rings (SSSR count). The molecule has 0 aromatic carbocycles. The first-order chi connectivity index (χ1) is 9.99. The van der Waals surface area contributed by atoms with E-state index in [1.165, 1.54) is 0 Å². The first-order valence-corrected chi connectivity index (χ1v) is 7.38. The summed E-state index contributed by atoms with van der Waals surface area (Å²) < 4.78 is 1.55. The number of amides is 1. The van der Waals surface area contributed by atoms with Crippen LogP contribution in [0.4, 0.5) is 0 Å². The van der Waals surface area contributed by atoms with Gasteiger partial charge in [0.05, 0.1) is 17.8 Å². The molecule has 0 saturated heterocycles. The second kappa shape index (κ2) is 8.39. The Hall–Kier alpha value is -1.92. The topological polar surface area (TPSA) is 88.3 Å². The summed E-state index contributed by atoms with van der Waals surface area (Å²) in [6, 6.07) is 0. The number of hydrogen-bond acceptors (Lipinski definition) is 4. The van der Waals surface area contributed by atoms with Crippen LogP contribution in [-0.4, -0.2) is 50.0 Å². The number of hydrogen-bond donors (Lipinski definition) is 1. The fourth-order valence-corrected chi connectivity index (χ4v) is 2.13. The number of aromatic nitrogens is 3. The van der Waals surface area contributed by atoms with Crippen LogP contribution in [0.5, 0.6) is 0 Å². The summed E-state index contributed by atoms with van der Waals surface area (Å²) in [6.07, 6.45) is 2.20. The van der Waals surface area contributed by atoms with Gasteiger partial charge in [-0.2, -0.15) is 0 Å². The fourth-order valence-electron chi connectivity index (χ4n) is 2.13. The quantitative estimate of drug-likeness (QED) is 0.741. The number of rotatable bonds is 9. The zero-order valence-corrected chi connectivity index (χ0v) is 13.0. The van der Waals surface area contributed by atoms with E-state index in [1.54, 1.807) is 4.68 Å². The third-order valence-electron chi connectivity index (χ3n) is 3.28. The lowest BCUT2D eigenvalue weighted by atomic mass is 10.2. The zero-order chi connectivity index (χ0) is 15.8. The second-order valence-corrected chi connectivity index (χ2v) is 5.05. The molecule has 21 heavy (non-hydrogen) atoms. The number of carboxylic acids is 1. The minimum absolute atomic E-state index is 0.0191. The van der Waals surface area contributed by atoms with Gasteiger partial charge in [0.2, 0.25) is 5.91 Å². The van der Waals surface area contributed by atoms with Crippen LogP contribution in [0.3, 0.4) is 0 Å². The average Bonchev–Trinajstić information content (AvgIpc) is 2.77. The maximum absolute atomic E-state index is 12.3. The van der Waals surface area contributed by atoms with E-state index in [1.807, 2.05) is 25.7 Å². The van der Waals surface area contributed by atoms with E-state index >= 15 is 0 Å². The van der Waals surface area contributed by atoms with E-state index in [0.29, 0.717) is 12.1 Å². The molecule has 7 nitrogen and oxygen atoms in total. The van der Waals surface area contributed by atoms with Crippen molar-refractivity contribution in [1.29, 1.82) is 0 Å². The maximum atomic E-state index is 12.3. The summed E-state index contributed by atoms with van der Waals surface area (Å²) in [5, 5.41) is 16.6. The molecule has 0 spiro atoms. The molecule has 0 aliphatic carbocycles. The van der Waals surface area contributed by atoms with E-state index in [0.717, 1.165) is 31.6 Å². The Morgan fingerprint density at radius 3 is 2.38 bits per heavy atom. The number of carbonyl (C=O) groups is 2. The van der Waals surface area contributed by atoms with Crippen molar-refractivity contribution in [3.63, 3.8) is 0 Å². The molecular weight excluding hydrogens is 272 g/mol. The molecule has 0 saturated carbocycles. The normalized spacial score (nSPS) is 10.6. The van der Waals surface area contributed by atoms with Gasteiger partial charge in [0.25, 0.3) is 0 Å². The summed E-state index contributed by atoms with van der Waals surface area (Å²) in [5.41, 5.74) is 1.40. The molecule has 1 aromatic rings. The molecule has 7 heteroatoms. The Kier molecular flexibility index (Phi) is 6.84. The third kappa shape index (κ3) is 5.17. The van der Waals surface area contributed by atoms with E-state index in [9.17, 15) is 9.59 Å². The van der Waals surface area contributed by atoms with Crippen LogP contribution in [0.2, 0.25) is 0 Å². The van der Waals surface area contributed by atoms with Crippen LogP contribution in [0, 0.1) is 6.92 Å². The lowest BCUT2D eigenvalue weighted by molar-refractivity contribution is -0.137. The molecule has 0 atom stereocenters. The maximum Gasteiger partial charge on any atom is 0.303 e. The molecule has 0 unspecified atom stereocenters. The lowest BCUT2D eigenvalue weighted by Gasteiger charge is -2.21. The van der Waals surface area contributed by atoms with Gasteiger partial charge in [-0.05, 0) is 19.8 Å². The Labute approximate surface area is 124 Å². The van der Waals surface area contributed by atoms with Crippen molar-refractivity contribution in [2.24, 2.45) is 0 Å². The smallest absolute Gasteiger partial charge is 0.303 e. The van der Waals surface area contributed by atoms with Crippen LogP contribution in [0.15, 0.2) is 0 Å². The predicted octanol–water partition coefficient (Wildman–Crippen LogP) is 1.25. The minimum Gasteiger partial charge on any atom is -0.481 e. The van der Waals surface area contributed by atoms with Crippen LogP contribution >= 0.6 is 0 Å². The van der Waals surface area contributed by atoms with Gasteiger partial charge in [-0.3, -0.25) is 9.59 Å². The van der Waals surface area contributed by atoms with Crippen molar-refractivity contribution in [1.82, 2.24) is 19.9 Å². The molecular formula is C14H24N4O3. The highest BCUT2D eigenvalue weighted by molar-refractivity contribution is 5.76. The molecule has 1 aromatic heterocycles. The first kappa shape index (κ1) is 17.1. The molecule has 0 aliphatic rings. The lowest BCUT2D eigenvalue weighted by Crippen LogP contribution is -2.35. The standard InChI is InChI=1S/C14H24N4O3/c1-4-8-17(9-5-2)13(19)10-18-11(3)12(15-16-18)6-7-14(20)21/h4-10H2,1-3H3,(H,20,21). The minimum atomic E-state index is -0.864. The Morgan fingerprint density at radius 1 is 1.24 bits per heavy atom. The Balaban J connectivity index is 2.69. The van der Waals surface area contributed by atoms with Crippen molar-refractivity contribution in [2.75, 3.05) is 13.1 Å². The second-order valence-electron chi connectivity index (χ2n) is 5.05. The molecule has 1 heterocycles. The number of nitrogens with zero attached hydrogens (tertiary/aromatic N) is 4. The predicted molar refractivity (Wildman–Crippen MR) is 77.9 cm³/mol. The van der Waals surface area contributed by atoms with Crippen molar-refractivity contribution < 1.29 is 14.7 Å². The SMILES string of the molecule is CCCN(CCC)C(=O)Cn1nnc(CCC(=O)O)c1C. The molecule has 0 bridgehead atoms. The number of aliphatic carboxylic acids is 1. The highest BCUT2D eigenvalue weighted by Crippen LogP contribution is 2.07. The molecule has 0 aliphatic heterocycles. The average molecular weight is 296 g/mol. The summed E-state index contributed by atoms with van der Waals surface area (Å²) in [5.74, 6) is -0.839. The van der Waals surface area contributed by atoms with E-state index in [4.69, 9.17) is 5.11 Å². The van der Waals surface area contributed by atoms with Gasteiger partial charge >= 0.3 is 5.97 Å².